The number of nitrogens with two attached hydrogens (primary N) is 1. The van der Waals surface area contributed by atoms with Gasteiger partial charge in [0, 0.05) is 10.6 Å². The summed E-state index contributed by atoms with van der Waals surface area (Å²) in [7, 11) is 0. The van der Waals surface area contributed by atoms with Crippen LogP contribution in [0.4, 0.5) is 4.39 Å². The summed E-state index contributed by atoms with van der Waals surface area (Å²) in [5, 5.41) is 8.77. The molecule has 0 spiro atoms. The lowest BCUT2D eigenvalue weighted by molar-refractivity contribution is -0.141. The van der Waals surface area contributed by atoms with E-state index in [2.05, 4.69) is 0 Å². The molecule has 0 bridgehead atoms. The van der Waals surface area contributed by atoms with Crippen molar-refractivity contribution in [1.29, 1.82) is 0 Å². The average molecular weight is 229 g/mol. The number of carboxylic acid groups (broad SMARTS) is 1. The fourth-order valence-corrected chi connectivity index (χ4v) is 1.74. The minimum atomic E-state index is -1.26. The molecule has 0 aliphatic carbocycles. The van der Waals surface area contributed by atoms with E-state index >= 15 is 0 Å². The maximum absolute atomic E-state index is 12.6. The third-order valence-electron chi connectivity index (χ3n) is 1.84. The molecule has 0 aliphatic heterocycles. The van der Waals surface area contributed by atoms with Crippen LogP contribution < -0.4 is 5.73 Å². The summed E-state index contributed by atoms with van der Waals surface area (Å²) < 4.78 is 12.6. The van der Waals surface area contributed by atoms with E-state index in [1.54, 1.807) is 12.1 Å². The van der Waals surface area contributed by atoms with E-state index in [9.17, 15) is 9.18 Å². The van der Waals surface area contributed by atoms with Crippen LogP contribution in [0.5, 0.6) is 0 Å². The first-order chi connectivity index (χ1) is 6.92. The molecular weight excluding hydrogens is 217 g/mol. The van der Waals surface area contributed by atoms with Crippen molar-refractivity contribution in [2.24, 2.45) is 5.73 Å². The summed E-state index contributed by atoms with van der Waals surface area (Å²) in [6.07, 6.45) is 0. The zero-order valence-corrected chi connectivity index (χ0v) is 9.05. The molecule has 0 amide bonds. The number of thioether (sulfide) groups is 1. The molecular formula is C10H12FNO2S. The Labute approximate surface area is 91.5 Å². The van der Waals surface area contributed by atoms with E-state index in [1.165, 1.54) is 30.8 Å². The van der Waals surface area contributed by atoms with Gasteiger partial charge in [0.15, 0.2) is 0 Å². The van der Waals surface area contributed by atoms with Crippen LogP contribution in [0.25, 0.3) is 0 Å². The van der Waals surface area contributed by atoms with Crippen molar-refractivity contribution in [2.45, 2.75) is 17.4 Å². The standard InChI is InChI=1S/C10H12FNO2S/c1-10(12,9(13)14)6-15-8-4-2-7(11)3-5-8/h2-5H,6,12H2,1H3,(H,13,14). The second-order valence-corrected chi connectivity index (χ2v) is 4.51. The number of carboxylic acids is 1. The highest BCUT2D eigenvalue weighted by molar-refractivity contribution is 7.99. The maximum atomic E-state index is 12.6. The average Bonchev–Trinajstić information content (AvgIpc) is 2.17. The second-order valence-electron chi connectivity index (χ2n) is 3.47. The predicted molar refractivity (Wildman–Crippen MR) is 57.4 cm³/mol. The largest absolute Gasteiger partial charge is 0.480 e. The van der Waals surface area contributed by atoms with E-state index in [-0.39, 0.29) is 11.6 Å². The van der Waals surface area contributed by atoms with Gasteiger partial charge in [-0.2, -0.15) is 0 Å². The highest BCUT2D eigenvalue weighted by Crippen LogP contribution is 2.21. The van der Waals surface area contributed by atoms with Gasteiger partial charge in [0.1, 0.15) is 11.4 Å². The molecule has 1 unspecified atom stereocenters. The Morgan fingerprint density at radius 1 is 1.53 bits per heavy atom. The van der Waals surface area contributed by atoms with Crippen molar-refractivity contribution in [3.05, 3.63) is 30.1 Å². The van der Waals surface area contributed by atoms with E-state index in [0.717, 1.165) is 4.90 Å². The molecule has 0 saturated heterocycles. The van der Waals surface area contributed by atoms with Gasteiger partial charge >= 0.3 is 5.97 Å². The molecule has 1 atom stereocenters. The lowest BCUT2D eigenvalue weighted by Crippen LogP contribution is -2.47. The van der Waals surface area contributed by atoms with Crippen molar-refractivity contribution in [3.63, 3.8) is 0 Å². The first-order valence-corrected chi connectivity index (χ1v) is 5.31. The molecule has 0 aromatic heterocycles. The minimum absolute atomic E-state index is 0.244. The molecule has 15 heavy (non-hydrogen) atoms. The van der Waals surface area contributed by atoms with Crippen LogP contribution in [0, 0.1) is 5.82 Å². The molecule has 0 saturated carbocycles. The summed E-state index contributed by atoms with van der Waals surface area (Å²) in [6, 6.07) is 5.85. The molecule has 1 aromatic rings. The topological polar surface area (TPSA) is 63.3 Å². The smallest absolute Gasteiger partial charge is 0.324 e. The third kappa shape index (κ3) is 3.53. The molecule has 3 N–H and O–H groups in total. The Hall–Kier alpha value is -1.07. The van der Waals surface area contributed by atoms with Crippen LogP contribution in [0.1, 0.15) is 6.92 Å². The van der Waals surface area contributed by atoms with Gasteiger partial charge in [-0.25, -0.2) is 4.39 Å². The highest BCUT2D eigenvalue weighted by Gasteiger charge is 2.27. The summed E-state index contributed by atoms with van der Waals surface area (Å²) in [6.45, 7) is 1.45. The summed E-state index contributed by atoms with van der Waals surface area (Å²) in [4.78, 5) is 11.5. The Balaban J connectivity index is 2.57. The molecule has 0 radical (unpaired) electrons. The van der Waals surface area contributed by atoms with Crippen LogP contribution in [-0.4, -0.2) is 22.4 Å². The van der Waals surface area contributed by atoms with Gasteiger partial charge in [-0.3, -0.25) is 4.79 Å². The summed E-state index contributed by atoms with van der Waals surface area (Å²) in [5.74, 6) is -1.11. The van der Waals surface area contributed by atoms with Crippen molar-refractivity contribution in [3.8, 4) is 0 Å². The molecule has 0 fully saturated rings. The number of carbonyl (C=O) groups is 1. The fourth-order valence-electron chi connectivity index (χ4n) is 0.826. The number of hydrogen-bond donors (Lipinski definition) is 2. The lowest BCUT2D eigenvalue weighted by atomic mass is 10.1. The molecule has 1 aromatic carbocycles. The van der Waals surface area contributed by atoms with Gasteiger partial charge in [0.2, 0.25) is 0 Å². The normalized spacial score (nSPS) is 14.6. The van der Waals surface area contributed by atoms with Crippen molar-refractivity contribution >= 4 is 17.7 Å². The molecule has 3 nitrogen and oxygen atoms in total. The van der Waals surface area contributed by atoms with Crippen LogP contribution >= 0.6 is 11.8 Å². The van der Waals surface area contributed by atoms with Crippen LogP contribution in [0.15, 0.2) is 29.2 Å². The van der Waals surface area contributed by atoms with E-state index in [1.807, 2.05) is 0 Å². The van der Waals surface area contributed by atoms with E-state index in [4.69, 9.17) is 10.8 Å². The van der Waals surface area contributed by atoms with Crippen molar-refractivity contribution < 1.29 is 14.3 Å². The lowest BCUT2D eigenvalue weighted by Gasteiger charge is -2.18. The van der Waals surface area contributed by atoms with Crippen LogP contribution in [0.3, 0.4) is 0 Å². The predicted octanol–water partition coefficient (Wildman–Crippen LogP) is 1.72. The van der Waals surface area contributed by atoms with Crippen molar-refractivity contribution in [1.82, 2.24) is 0 Å². The van der Waals surface area contributed by atoms with E-state index in [0.29, 0.717) is 0 Å². The van der Waals surface area contributed by atoms with Crippen LogP contribution in [0.2, 0.25) is 0 Å². The zero-order valence-electron chi connectivity index (χ0n) is 8.24. The monoisotopic (exact) mass is 229 g/mol. The highest BCUT2D eigenvalue weighted by atomic mass is 32.2. The third-order valence-corrected chi connectivity index (χ3v) is 3.19. The Morgan fingerprint density at radius 2 is 2.07 bits per heavy atom. The molecule has 0 aliphatic rings. The molecule has 82 valence electrons. The second kappa shape index (κ2) is 4.63. The van der Waals surface area contributed by atoms with Crippen LogP contribution in [-0.2, 0) is 4.79 Å². The van der Waals surface area contributed by atoms with Gasteiger partial charge in [-0.15, -0.1) is 11.8 Å². The summed E-state index contributed by atoms with van der Waals surface area (Å²) >= 11 is 1.29. The molecule has 0 heterocycles. The van der Waals surface area contributed by atoms with Gasteiger partial charge in [-0.05, 0) is 31.2 Å². The quantitative estimate of drug-likeness (QED) is 0.772. The number of hydrogen-bond acceptors (Lipinski definition) is 3. The van der Waals surface area contributed by atoms with Gasteiger partial charge < -0.3 is 10.8 Å². The maximum Gasteiger partial charge on any atom is 0.324 e. The summed E-state index contributed by atoms with van der Waals surface area (Å²) in [5.41, 5.74) is 4.28. The first kappa shape index (κ1) is 12.0. The molecule has 5 heteroatoms. The first-order valence-electron chi connectivity index (χ1n) is 4.32. The molecule has 1 rings (SSSR count). The fraction of sp³-hybridized carbons (Fsp3) is 0.300. The Bertz CT molecular complexity index is 351. The number of benzene rings is 1. The Morgan fingerprint density at radius 3 is 2.53 bits per heavy atom. The number of rotatable bonds is 4. The van der Waals surface area contributed by atoms with Gasteiger partial charge in [-0.1, -0.05) is 0 Å². The number of aliphatic carboxylic acids is 1. The number of halogens is 1. The van der Waals surface area contributed by atoms with E-state index < -0.39 is 11.5 Å². The Kier molecular flexibility index (Phi) is 3.71. The SMILES string of the molecule is CC(N)(CSc1ccc(F)cc1)C(=O)O. The minimum Gasteiger partial charge on any atom is -0.480 e. The van der Waals surface area contributed by atoms with Gasteiger partial charge in [0.25, 0.3) is 0 Å². The van der Waals surface area contributed by atoms with Crippen molar-refractivity contribution in [2.75, 3.05) is 5.75 Å². The zero-order chi connectivity index (χ0) is 11.5. The van der Waals surface area contributed by atoms with Gasteiger partial charge in [0.05, 0.1) is 0 Å².